The number of hydrogen-bond donors (Lipinski definition) is 1. The molecular weight excluding hydrogens is 374 g/mol. The van der Waals surface area contributed by atoms with Crippen LogP contribution in [0.1, 0.15) is 10.5 Å². The first-order valence-electron chi connectivity index (χ1n) is 7.05. The minimum atomic E-state index is -0.172. The van der Waals surface area contributed by atoms with Gasteiger partial charge in [-0.1, -0.05) is 41.7 Å². The molecule has 0 unspecified atom stereocenters. The zero-order valence-electron chi connectivity index (χ0n) is 12.2. The minimum absolute atomic E-state index is 0.172. The summed E-state index contributed by atoms with van der Waals surface area (Å²) in [5, 5.41) is 4.53. The Morgan fingerprint density at radius 2 is 1.91 bits per heavy atom. The quantitative estimate of drug-likeness (QED) is 0.538. The van der Waals surface area contributed by atoms with Crippen LogP contribution < -0.4 is 5.32 Å². The van der Waals surface area contributed by atoms with Crippen molar-refractivity contribution < 1.29 is 4.79 Å². The number of aryl methyl sites for hydroxylation is 1. The van der Waals surface area contributed by atoms with Gasteiger partial charge in [0.2, 0.25) is 0 Å². The van der Waals surface area contributed by atoms with Crippen molar-refractivity contribution in [3.63, 3.8) is 0 Å². The van der Waals surface area contributed by atoms with Crippen LogP contribution in [0.2, 0.25) is 0 Å². The first-order valence-corrected chi connectivity index (χ1v) is 8.66. The highest BCUT2D eigenvalue weighted by molar-refractivity contribution is 9.10. The number of carbonyl (C=O) groups excluding carboxylic acids is 1. The second-order valence-corrected chi connectivity index (χ2v) is 7.00. The van der Waals surface area contributed by atoms with E-state index < -0.39 is 0 Å². The molecule has 0 saturated heterocycles. The molecule has 4 aromatic rings. The fourth-order valence-electron chi connectivity index (χ4n) is 2.68. The molecule has 2 aromatic carbocycles. The molecule has 114 valence electrons. The molecule has 0 bridgehead atoms. The van der Waals surface area contributed by atoms with Crippen molar-refractivity contribution in [2.75, 3.05) is 5.32 Å². The fraction of sp³-hybridized carbons (Fsp3) is 0.0588. The highest BCUT2D eigenvalue weighted by Crippen LogP contribution is 2.31. The van der Waals surface area contributed by atoms with Crippen LogP contribution in [0.4, 0.5) is 5.13 Å². The maximum atomic E-state index is 12.7. The summed E-state index contributed by atoms with van der Waals surface area (Å²) in [6, 6.07) is 15.7. The Hall–Kier alpha value is -2.18. The van der Waals surface area contributed by atoms with Crippen LogP contribution >= 0.6 is 27.3 Å². The molecule has 0 aliphatic rings. The normalized spacial score (nSPS) is 11.2. The number of carbonyl (C=O) groups is 1. The van der Waals surface area contributed by atoms with Gasteiger partial charge in [0, 0.05) is 18.0 Å². The number of para-hydroxylation sites is 2. The van der Waals surface area contributed by atoms with E-state index in [4.69, 9.17) is 0 Å². The van der Waals surface area contributed by atoms with Crippen LogP contribution in [0.25, 0.3) is 21.1 Å². The molecule has 0 atom stereocenters. The molecule has 23 heavy (non-hydrogen) atoms. The summed E-state index contributed by atoms with van der Waals surface area (Å²) >= 11 is 5.02. The molecule has 2 aromatic heterocycles. The van der Waals surface area contributed by atoms with E-state index in [2.05, 4.69) is 26.2 Å². The van der Waals surface area contributed by atoms with Crippen molar-refractivity contribution in [2.24, 2.45) is 7.05 Å². The number of fused-ring (bicyclic) bond motifs is 2. The van der Waals surface area contributed by atoms with Gasteiger partial charge in [-0.3, -0.25) is 10.1 Å². The highest BCUT2D eigenvalue weighted by atomic mass is 79.9. The first kappa shape index (κ1) is 14.4. The van der Waals surface area contributed by atoms with E-state index in [1.807, 2.05) is 60.1 Å². The molecule has 0 saturated carbocycles. The predicted octanol–water partition coefficient (Wildman–Crippen LogP) is 4.80. The van der Waals surface area contributed by atoms with Gasteiger partial charge >= 0.3 is 0 Å². The van der Waals surface area contributed by atoms with Crippen molar-refractivity contribution in [3.8, 4) is 0 Å². The molecule has 0 radical (unpaired) electrons. The van der Waals surface area contributed by atoms with Gasteiger partial charge in [0.05, 0.1) is 14.7 Å². The van der Waals surface area contributed by atoms with E-state index in [1.54, 1.807) is 0 Å². The summed E-state index contributed by atoms with van der Waals surface area (Å²) in [4.78, 5) is 17.2. The average molecular weight is 386 g/mol. The summed E-state index contributed by atoms with van der Waals surface area (Å²) in [5.41, 5.74) is 2.49. The fourth-order valence-corrected chi connectivity index (χ4v) is 4.32. The largest absolute Gasteiger partial charge is 0.339 e. The van der Waals surface area contributed by atoms with Crippen molar-refractivity contribution >= 4 is 59.4 Å². The number of benzene rings is 2. The summed E-state index contributed by atoms with van der Waals surface area (Å²) in [7, 11) is 1.89. The number of nitrogens with zero attached hydrogens (tertiary/aromatic N) is 2. The third-order valence-electron chi connectivity index (χ3n) is 3.77. The number of nitrogens with one attached hydrogen (secondary N) is 1. The van der Waals surface area contributed by atoms with Crippen molar-refractivity contribution in [2.45, 2.75) is 0 Å². The monoisotopic (exact) mass is 385 g/mol. The lowest BCUT2D eigenvalue weighted by Crippen LogP contribution is -2.16. The van der Waals surface area contributed by atoms with Crippen LogP contribution in [0.15, 0.2) is 53.0 Å². The molecule has 1 amide bonds. The van der Waals surface area contributed by atoms with Gasteiger partial charge in [0.1, 0.15) is 5.69 Å². The molecule has 4 nitrogen and oxygen atoms in total. The lowest BCUT2D eigenvalue weighted by molar-refractivity contribution is 0.101. The Bertz CT molecular complexity index is 979. The molecule has 2 heterocycles. The number of anilines is 1. The second kappa shape index (κ2) is 5.47. The lowest BCUT2D eigenvalue weighted by Gasteiger charge is -2.04. The molecular formula is C17H12BrN3OS. The predicted molar refractivity (Wildman–Crippen MR) is 98.2 cm³/mol. The molecule has 6 heteroatoms. The molecule has 0 aliphatic carbocycles. The Kier molecular flexibility index (Phi) is 3.43. The van der Waals surface area contributed by atoms with Crippen molar-refractivity contribution in [1.82, 2.24) is 9.55 Å². The summed E-state index contributed by atoms with van der Waals surface area (Å²) < 4.78 is 3.75. The number of rotatable bonds is 2. The summed E-state index contributed by atoms with van der Waals surface area (Å²) in [5.74, 6) is -0.172. The molecule has 0 spiro atoms. The number of amides is 1. The second-order valence-electron chi connectivity index (χ2n) is 5.18. The highest BCUT2D eigenvalue weighted by Gasteiger charge is 2.20. The number of hydrogen-bond acceptors (Lipinski definition) is 3. The topological polar surface area (TPSA) is 46.9 Å². The van der Waals surface area contributed by atoms with Gasteiger partial charge < -0.3 is 4.57 Å². The zero-order valence-corrected chi connectivity index (χ0v) is 14.6. The van der Waals surface area contributed by atoms with E-state index in [1.165, 1.54) is 11.3 Å². The molecule has 0 aliphatic heterocycles. The first-order chi connectivity index (χ1) is 11.1. The van der Waals surface area contributed by atoms with Crippen LogP contribution in [-0.2, 0) is 7.05 Å². The number of aromatic nitrogens is 2. The van der Waals surface area contributed by atoms with Crippen LogP contribution in [0.3, 0.4) is 0 Å². The van der Waals surface area contributed by atoms with Crippen molar-refractivity contribution in [1.29, 1.82) is 0 Å². The Morgan fingerprint density at radius 3 is 2.70 bits per heavy atom. The summed E-state index contributed by atoms with van der Waals surface area (Å²) in [6.45, 7) is 0. The third kappa shape index (κ3) is 2.34. The van der Waals surface area contributed by atoms with E-state index >= 15 is 0 Å². The summed E-state index contributed by atoms with van der Waals surface area (Å²) in [6.07, 6.45) is 0. The van der Waals surface area contributed by atoms with Gasteiger partial charge in [0.15, 0.2) is 5.13 Å². The van der Waals surface area contributed by atoms with Gasteiger partial charge in [-0.25, -0.2) is 4.98 Å². The lowest BCUT2D eigenvalue weighted by atomic mass is 10.2. The maximum absolute atomic E-state index is 12.7. The Balaban J connectivity index is 1.74. The minimum Gasteiger partial charge on any atom is -0.339 e. The SMILES string of the molecule is Cn1c(C(=O)Nc2nc3ccccc3s2)c(Br)c2ccccc21. The molecule has 4 rings (SSSR count). The molecule has 1 N–H and O–H groups in total. The van der Waals surface area contributed by atoms with Gasteiger partial charge in [-0.2, -0.15) is 0 Å². The van der Waals surface area contributed by atoms with Crippen LogP contribution in [0, 0.1) is 0 Å². The van der Waals surface area contributed by atoms with Gasteiger partial charge in [-0.15, -0.1) is 0 Å². The van der Waals surface area contributed by atoms with E-state index in [-0.39, 0.29) is 5.91 Å². The van der Waals surface area contributed by atoms with Crippen molar-refractivity contribution in [3.05, 3.63) is 58.7 Å². The van der Waals surface area contributed by atoms with E-state index in [0.717, 1.165) is 25.6 Å². The van der Waals surface area contributed by atoms with Gasteiger partial charge in [-0.05, 0) is 34.1 Å². The number of halogens is 1. The zero-order chi connectivity index (χ0) is 16.0. The van der Waals surface area contributed by atoms with E-state index in [0.29, 0.717) is 10.8 Å². The molecule has 0 fully saturated rings. The Labute approximate surface area is 144 Å². The number of thiazole rings is 1. The average Bonchev–Trinajstić information content (AvgIpc) is 3.07. The Morgan fingerprint density at radius 1 is 1.17 bits per heavy atom. The van der Waals surface area contributed by atoms with Crippen LogP contribution in [0.5, 0.6) is 0 Å². The maximum Gasteiger partial charge on any atom is 0.275 e. The van der Waals surface area contributed by atoms with Crippen LogP contribution in [-0.4, -0.2) is 15.5 Å². The third-order valence-corrected chi connectivity index (χ3v) is 5.53. The van der Waals surface area contributed by atoms with Gasteiger partial charge in [0.25, 0.3) is 5.91 Å². The van der Waals surface area contributed by atoms with E-state index in [9.17, 15) is 4.79 Å². The standard InChI is InChI=1S/C17H12BrN3OS/c1-21-12-8-4-2-6-10(12)14(18)15(21)16(22)20-17-19-11-7-3-5-9-13(11)23-17/h2-9H,1H3,(H,19,20,22). The smallest absolute Gasteiger partial charge is 0.275 e.